The van der Waals surface area contributed by atoms with Crippen molar-refractivity contribution in [3.8, 4) is 0 Å². The molecule has 0 aliphatic rings. The molecule has 20 heavy (non-hydrogen) atoms. The lowest BCUT2D eigenvalue weighted by atomic mass is 9.93. The quantitative estimate of drug-likeness (QED) is 0.548. The molecule has 0 rings (SSSR count). The summed E-state index contributed by atoms with van der Waals surface area (Å²) < 4.78 is 17.2. The average Bonchev–Trinajstić information content (AvgIpc) is 2.47. The molecule has 0 aromatic heterocycles. The van der Waals surface area contributed by atoms with Crippen molar-refractivity contribution in [2.45, 2.75) is 65.3 Å². The Bertz CT molecular complexity index is 194. The van der Waals surface area contributed by atoms with Crippen molar-refractivity contribution in [3.63, 3.8) is 0 Å². The maximum Gasteiger partial charge on any atom is 0.0567 e. The molecule has 116 valence electrons. The zero-order chi connectivity index (χ0) is 15.6. The Kier molecular flexibility index (Phi) is 10.5. The van der Waals surface area contributed by atoms with Crippen LogP contribution in [-0.4, -0.2) is 38.1 Å². The van der Waals surface area contributed by atoms with Crippen molar-refractivity contribution >= 4 is 0 Å². The van der Waals surface area contributed by atoms with Gasteiger partial charge < -0.3 is 14.2 Å². The Morgan fingerprint density at radius 2 is 0.950 bits per heavy atom. The Labute approximate surface area is 126 Å². The molecule has 3 unspecified atom stereocenters. The van der Waals surface area contributed by atoms with Gasteiger partial charge in [0.25, 0.3) is 0 Å². The van der Waals surface area contributed by atoms with E-state index < -0.39 is 0 Å². The van der Waals surface area contributed by atoms with E-state index in [0.717, 1.165) is 0 Å². The smallest absolute Gasteiger partial charge is 0.0567 e. The van der Waals surface area contributed by atoms with Gasteiger partial charge in [-0.1, -0.05) is 6.92 Å². The summed E-state index contributed by atoms with van der Waals surface area (Å²) in [7, 11) is 0. The van der Waals surface area contributed by atoms with Gasteiger partial charge in [0.05, 0.1) is 38.1 Å². The fourth-order valence-electron chi connectivity index (χ4n) is 1.36. The van der Waals surface area contributed by atoms with Crippen molar-refractivity contribution in [2.75, 3.05) is 19.8 Å². The molecule has 0 N–H and O–H groups in total. The molecule has 0 aromatic rings. The van der Waals surface area contributed by atoms with Crippen LogP contribution in [0.5, 0.6) is 0 Å². The van der Waals surface area contributed by atoms with Gasteiger partial charge in [-0.2, -0.15) is 0 Å². The number of rotatable bonds is 12. The average molecular weight is 282 g/mol. The third kappa shape index (κ3) is 8.93. The van der Waals surface area contributed by atoms with Gasteiger partial charge in [-0.3, -0.25) is 0 Å². The van der Waals surface area contributed by atoms with E-state index in [4.69, 9.17) is 35.0 Å². The molecule has 0 aromatic carbocycles. The Morgan fingerprint density at radius 1 is 0.700 bits per heavy atom. The van der Waals surface area contributed by atoms with Crippen LogP contribution in [0.3, 0.4) is 0 Å². The van der Waals surface area contributed by atoms with E-state index >= 15 is 0 Å². The Hall–Kier alpha value is -0.120. The molecule has 0 amide bonds. The number of hydrogen-bond acceptors (Lipinski definition) is 3. The normalized spacial score (nSPS) is 19.4. The molecule has 0 aliphatic carbocycles. The number of ether oxygens (including phenoxy) is 3. The van der Waals surface area contributed by atoms with Gasteiger partial charge in [-0.15, -0.1) is 0 Å². The van der Waals surface area contributed by atoms with Gasteiger partial charge in [0, 0.05) is 5.41 Å². The van der Waals surface area contributed by atoms with Gasteiger partial charge in [0.2, 0.25) is 0 Å². The first-order chi connectivity index (χ1) is 9.36. The van der Waals surface area contributed by atoms with E-state index in [2.05, 4.69) is 6.92 Å². The zero-order valence-electron chi connectivity index (χ0n) is 13.4. The lowest BCUT2D eigenvalue weighted by molar-refractivity contribution is -0.0980. The summed E-state index contributed by atoms with van der Waals surface area (Å²) in [5.74, 6) is 0. The molecule has 3 atom stereocenters. The van der Waals surface area contributed by atoms with Crippen molar-refractivity contribution < 1.29 is 14.2 Å². The largest absolute Gasteiger partial charge is 0.378 e. The minimum atomic E-state index is -0.240. The van der Waals surface area contributed by atoms with Crippen LogP contribution in [0.1, 0.15) is 47.0 Å². The van der Waals surface area contributed by atoms with Crippen LogP contribution in [0, 0.1) is 26.2 Å². The van der Waals surface area contributed by atoms with Crippen molar-refractivity contribution in [1.82, 2.24) is 0 Å². The predicted octanol–water partition coefficient (Wildman–Crippen LogP) is 3.51. The molecule has 3 nitrogen and oxygen atoms in total. The monoisotopic (exact) mass is 282 g/mol. The van der Waals surface area contributed by atoms with Gasteiger partial charge in [-0.25, -0.2) is 0 Å². The van der Waals surface area contributed by atoms with Gasteiger partial charge in [0.15, 0.2) is 0 Å². The first-order valence-electron chi connectivity index (χ1n) is 7.32. The fourth-order valence-corrected chi connectivity index (χ4v) is 1.36. The Morgan fingerprint density at radius 3 is 1.15 bits per heavy atom. The summed E-state index contributed by atoms with van der Waals surface area (Å²) in [6.07, 6.45) is 1.55. The van der Waals surface area contributed by atoms with Gasteiger partial charge in [0.1, 0.15) is 0 Å². The first kappa shape index (κ1) is 19.9. The fraction of sp³-hybridized carbons (Fsp3) is 0.824. The SMILES string of the molecule is [CH]CC(C)OCC(C)(COC(C)C[CH])COC(C)C[CH]. The molecule has 0 heterocycles. The molecular formula is C17H30O3. The second-order valence-corrected chi connectivity index (χ2v) is 5.88. The van der Waals surface area contributed by atoms with Gasteiger partial charge in [-0.05, 0) is 60.8 Å². The molecule has 0 saturated heterocycles. The predicted molar refractivity (Wildman–Crippen MR) is 81.1 cm³/mol. The standard InChI is InChI=1S/C17H30O3/c1-8-14(4)18-11-17(7,12-19-15(5)9-2)13-20-16(6)10-3/h1-3,14-16H,8-13H2,4-7H3. The highest BCUT2D eigenvalue weighted by Gasteiger charge is 2.28. The Balaban J connectivity index is 4.40. The third-order valence-electron chi connectivity index (χ3n) is 3.14. The maximum absolute atomic E-state index is 5.74. The van der Waals surface area contributed by atoms with E-state index in [0.29, 0.717) is 39.1 Å². The third-order valence-corrected chi connectivity index (χ3v) is 3.14. The van der Waals surface area contributed by atoms with Crippen LogP contribution in [0.4, 0.5) is 0 Å². The minimum Gasteiger partial charge on any atom is -0.378 e. The number of hydrogen-bond donors (Lipinski definition) is 0. The van der Waals surface area contributed by atoms with Crippen molar-refractivity contribution in [2.24, 2.45) is 5.41 Å². The first-order valence-corrected chi connectivity index (χ1v) is 7.32. The van der Waals surface area contributed by atoms with E-state index in [1.807, 2.05) is 20.8 Å². The van der Waals surface area contributed by atoms with E-state index in [9.17, 15) is 0 Å². The molecule has 0 saturated carbocycles. The maximum atomic E-state index is 5.74. The highest BCUT2D eigenvalue weighted by Crippen LogP contribution is 2.22. The molecule has 0 bridgehead atoms. The van der Waals surface area contributed by atoms with Crippen LogP contribution >= 0.6 is 0 Å². The van der Waals surface area contributed by atoms with Crippen LogP contribution in [0.2, 0.25) is 0 Å². The summed E-state index contributed by atoms with van der Waals surface area (Å²) in [5, 5.41) is 0. The molecule has 0 fully saturated rings. The summed E-state index contributed by atoms with van der Waals surface area (Å²) in [6.45, 7) is 26.2. The highest BCUT2D eigenvalue weighted by molar-refractivity contribution is 4.76. The summed E-state index contributed by atoms with van der Waals surface area (Å²) in [6, 6.07) is 0. The van der Waals surface area contributed by atoms with Crippen LogP contribution in [0.25, 0.3) is 0 Å². The van der Waals surface area contributed by atoms with Crippen LogP contribution < -0.4 is 0 Å². The topological polar surface area (TPSA) is 27.7 Å². The molecule has 6 radical (unpaired) electrons. The summed E-state index contributed by atoms with van der Waals surface area (Å²) in [5.41, 5.74) is -0.240. The van der Waals surface area contributed by atoms with E-state index in [1.165, 1.54) is 0 Å². The lowest BCUT2D eigenvalue weighted by Crippen LogP contribution is -2.37. The van der Waals surface area contributed by atoms with Crippen LogP contribution in [0.15, 0.2) is 0 Å². The molecule has 3 heteroatoms. The molecular weight excluding hydrogens is 252 g/mol. The summed E-state index contributed by atoms with van der Waals surface area (Å²) >= 11 is 0. The van der Waals surface area contributed by atoms with E-state index in [1.54, 1.807) is 0 Å². The second-order valence-electron chi connectivity index (χ2n) is 5.88. The minimum absolute atomic E-state index is 0.0215. The molecule has 0 spiro atoms. The highest BCUT2D eigenvalue weighted by atomic mass is 16.5. The van der Waals surface area contributed by atoms with E-state index in [-0.39, 0.29) is 23.7 Å². The van der Waals surface area contributed by atoms with Crippen LogP contribution in [-0.2, 0) is 14.2 Å². The van der Waals surface area contributed by atoms with Crippen molar-refractivity contribution in [3.05, 3.63) is 20.8 Å². The molecule has 0 aliphatic heterocycles. The van der Waals surface area contributed by atoms with Gasteiger partial charge >= 0.3 is 0 Å². The van der Waals surface area contributed by atoms with Crippen molar-refractivity contribution in [1.29, 1.82) is 0 Å². The second kappa shape index (κ2) is 10.6. The zero-order valence-corrected chi connectivity index (χ0v) is 13.4. The lowest BCUT2D eigenvalue weighted by Gasteiger charge is -2.32. The summed E-state index contributed by atoms with van der Waals surface area (Å²) in [4.78, 5) is 0.